The largest absolute Gasteiger partial charge is 0.354 e. The van der Waals surface area contributed by atoms with Crippen LogP contribution >= 0.6 is 0 Å². The predicted octanol–water partition coefficient (Wildman–Crippen LogP) is 1.13. The second-order valence-corrected chi connectivity index (χ2v) is 6.13. The van der Waals surface area contributed by atoms with Gasteiger partial charge < -0.3 is 11.1 Å². The van der Waals surface area contributed by atoms with Crippen LogP contribution in [0.5, 0.6) is 0 Å². The molecule has 3 nitrogen and oxygen atoms in total. The van der Waals surface area contributed by atoms with E-state index in [0.29, 0.717) is 12.5 Å². The van der Waals surface area contributed by atoms with Gasteiger partial charge in [-0.15, -0.1) is 0 Å². The molecule has 0 aliphatic heterocycles. The third-order valence-electron chi connectivity index (χ3n) is 5.30. The van der Waals surface area contributed by atoms with Gasteiger partial charge >= 0.3 is 0 Å². The van der Waals surface area contributed by atoms with Crippen molar-refractivity contribution in [3.63, 3.8) is 0 Å². The number of carbonyl (C=O) groups excluding carboxylic acids is 1. The lowest BCUT2D eigenvalue weighted by Gasteiger charge is -2.56. The molecule has 3 heteroatoms. The smallest absolute Gasteiger partial charge is 0.207 e. The van der Waals surface area contributed by atoms with Crippen molar-refractivity contribution < 1.29 is 4.79 Å². The molecule has 4 aliphatic carbocycles. The van der Waals surface area contributed by atoms with Gasteiger partial charge in [-0.05, 0) is 61.7 Å². The monoisotopic (exact) mass is 222 g/mol. The van der Waals surface area contributed by atoms with Crippen LogP contribution in [0.3, 0.4) is 0 Å². The first kappa shape index (κ1) is 10.6. The molecule has 0 heterocycles. The van der Waals surface area contributed by atoms with Gasteiger partial charge in [-0.1, -0.05) is 0 Å². The van der Waals surface area contributed by atoms with Gasteiger partial charge in [-0.2, -0.15) is 0 Å². The van der Waals surface area contributed by atoms with Crippen LogP contribution in [0.4, 0.5) is 0 Å². The van der Waals surface area contributed by atoms with Gasteiger partial charge in [0.25, 0.3) is 0 Å². The molecule has 0 saturated heterocycles. The third-order valence-corrected chi connectivity index (χ3v) is 5.30. The van der Waals surface area contributed by atoms with E-state index in [2.05, 4.69) is 5.32 Å². The van der Waals surface area contributed by atoms with E-state index in [1.165, 1.54) is 32.1 Å². The van der Waals surface area contributed by atoms with Gasteiger partial charge in [-0.3, -0.25) is 4.79 Å². The Hall–Kier alpha value is -0.570. The number of hydrogen-bond donors (Lipinski definition) is 2. The molecular weight excluding hydrogens is 200 g/mol. The van der Waals surface area contributed by atoms with E-state index < -0.39 is 0 Å². The van der Waals surface area contributed by atoms with Crippen LogP contribution < -0.4 is 11.1 Å². The zero-order chi connectivity index (χ0) is 11.1. The van der Waals surface area contributed by atoms with Crippen LogP contribution in [0.1, 0.15) is 32.1 Å². The Morgan fingerprint density at radius 2 is 1.69 bits per heavy atom. The molecule has 3 N–H and O–H groups in total. The highest BCUT2D eigenvalue weighted by molar-refractivity contribution is 5.46. The number of nitrogens with two attached hydrogens (primary N) is 1. The van der Waals surface area contributed by atoms with Crippen LogP contribution in [0.25, 0.3) is 0 Å². The Labute approximate surface area is 97.2 Å². The summed E-state index contributed by atoms with van der Waals surface area (Å²) in [5, 5.41) is 2.95. The highest BCUT2D eigenvalue weighted by Crippen LogP contribution is 2.57. The summed E-state index contributed by atoms with van der Waals surface area (Å²) in [5.74, 6) is 4.35. The summed E-state index contributed by atoms with van der Waals surface area (Å²) in [6, 6.07) is 0.229. The Kier molecular flexibility index (Phi) is 2.66. The van der Waals surface area contributed by atoms with Gasteiger partial charge in [0.15, 0.2) is 0 Å². The highest BCUT2D eigenvalue weighted by atomic mass is 16.1. The third kappa shape index (κ3) is 1.56. The normalized spacial score (nSPS) is 46.7. The number of hydrogen-bond acceptors (Lipinski definition) is 2. The summed E-state index contributed by atoms with van der Waals surface area (Å²) in [4.78, 5) is 10.6. The minimum Gasteiger partial charge on any atom is -0.354 e. The molecule has 1 unspecified atom stereocenters. The average Bonchev–Trinajstić information content (AvgIpc) is 2.26. The molecule has 0 aromatic carbocycles. The quantitative estimate of drug-likeness (QED) is 0.701. The van der Waals surface area contributed by atoms with Crippen molar-refractivity contribution >= 4 is 6.41 Å². The molecule has 0 aromatic heterocycles. The van der Waals surface area contributed by atoms with E-state index in [-0.39, 0.29) is 6.04 Å². The van der Waals surface area contributed by atoms with Crippen molar-refractivity contribution in [3.8, 4) is 0 Å². The van der Waals surface area contributed by atoms with Gasteiger partial charge in [0.05, 0.1) is 0 Å². The zero-order valence-corrected chi connectivity index (χ0v) is 9.77. The Bertz CT molecular complexity index is 251. The summed E-state index contributed by atoms with van der Waals surface area (Å²) < 4.78 is 0. The van der Waals surface area contributed by atoms with E-state index in [1.807, 2.05) is 0 Å². The lowest BCUT2D eigenvalue weighted by Crippen LogP contribution is -2.55. The van der Waals surface area contributed by atoms with Gasteiger partial charge in [-0.25, -0.2) is 0 Å². The van der Waals surface area contributed by atoms with E-state index in [4.69, 9.17) is 5.73 Å². The SMILES string of the molecule is NCC(NC=O)C1C2CC3CC(C2)CC1C3. The van der Waals surface area contributed by atoms with Crippen LogP contribution in [0, 0.1) is 29.6 Å². The minimum atomic E-state index is 0.229. The van der Waals surface area contributed by atoms with Crippen molar-refractivity contribution in [1.29, 1.82) is 0 Å². The summed E-state index contributed by atoms with van der Waals surface area (Å²) in [5.41, 5.74) is 5.82. The maximum Gasteiger partial charge on any atom is 0.207 e. The van der Waals surface area contributed by atoms with Gasteiger partial charge in [0.2, 0.25) is 6.41 Å². The molecule has 1 atom stereocenters. The fourth-order valence-electron chi connectivity index (χ4n) is 5.05. The lowest BCUT2D eigenvalue weighted by molar-refractivity contribution is -0.112. The number of amides is 1. The summed E-state index contributed by atoms with van der Waals surface area (Å²) in [6.07, 6.45) is 7.91. The van der Waals surface area contributed by atoms with E-state index in [1.54, 1.807) is 0 Å². The second kappa shape index (κ2) is 4.02. The van der Waals surface area contributed by atoms with Crippen LogP contribution in [0.2, 0.25) is 0 Å². The molecule has 4 saturated carbocycles. The maximum absolute atomic E-state index is 10.6. The lowest BCUT2D eigenvalue weighted by atomic mass is 9.50. The Morgan fingerprint density at radius 3 is 2.12 bits per heavy atom. The van der Waals surface area contributed by atoms with Crippen molar-refractivity contribution in [2.75, 3.05) is 6.54 Å². The van der Waals surface area contributed by atoms with Gasteiger partial charge in [0.1, 0.15) is 0 Å². The molecule has 0 aromatic rings. The molecule has 4 fully saturated rings. The Morgan fingerprint density at radius 1 is 1.12 bits per heavy atom. The molecule has 90 valence electrons. The fourth-order valence-corrected chi connectivity index (χ4v) is 5.05. The first-order valence-electron chi connectivity index (χ1n) is 6.71. The van der Waals surface area contributed by atoms with E-state index in [9.17, 15) is 4.79 Å². The fraction of sp³-hybridized carbons (Fsp3) is 0.923. The Balaban J connectivity index is 1.77. The van der Waals surface area contributed by atoms with E-state index in [0.717, 1.165) is 30.1 Å². The van der Waals surface area contributed by atoms with Crippen LogP contribution in [-0.2, 0) is 4.79 Å². The summed E-state index contributed by atoms with van der Waals surface area (Å²) in [6.45, 7) is 0.603. The molecule has 4 bridgehead atoms. The second-order valence-electron chi connectivity index (χ2n) is 6.13. The number of rotatable bonds is 4. The van der Waals surface area contributed by atoms with Crippen LogP contribution in [0.15, 0.2) is 0 Å². The van der Waals surface area contributed by atoms with Crippen molar-refractivity contribution in [2.24, 2.45) is 35.3 Å². The molecule has 16 heavy (non-hydrogen) atoms. The molecule has 4 aliphatic rings. The molecule has 0 radical (unpaired) electrons. The average molecular weight is 222 g/mol. The predicted molar refractivity (Wildman–Crippen MR) is 62.6 cm³/mol. The first-order chi connectivity index (χ1) is 7.81. The number of nitrogens with one attached hydrogen (secondary N) is 1. The standard InChI is InChI=1S/C13H22N2O/c14-6-12(15-7-16)13-10-2-8-1-9(4-10)5-11(13)3-8/h7-13H,1-6,14H2,(H,15,16). The molecule has 4 rings (SSSR count). The zero-order valence-electron chi connectivity index (χ0n) is 9.77. The van der Waals surface area contributed by atoms with E-state index >= 15 is 0 Å². The minimum absolute atomic E-state index is 0.229. The van der Waals surface area contributed by atoms with Crippen molar-refractivity contribution in [3.05, 3.63) is 0 Å². The first-order valence-corrected chi connectivity index (χ1v) is 6.71. The highest BCUT2D eigenvalue weighted by Gasteiger charge is 2.50. The van der Waals surface area contributed by atoms with Crippen molar-refractivity contribution in [1.82, 2.24) is 5.32 Å². The summed E-state index contributed by atoms with van der Waals surface area (Å²) >= 11 is 0. The topological polar surface area (TPSA) is 55.1 Å². The van der Waals surface area contributed by atoms with Crippen molar-refractivity contribution in [2.45, 2.75) is 38.1 Å². The number of carbonyl (C=O) groups is 1. The maximum atomic E-state index is 10.6. The van der Waals surface area contributed by atoms with Gasteiger partial charge in [0, 0.05) is 12.6 Å². The molecule has 0 spiro atoms. The summed E-state index contributed by atoms with van der Waals surface area (Å²) in [7, 11) is 0. The van der Waals surface area contributed by atoms with Crippen LogP contribution in [-0.4, -0.2) is 19.0 Å². The molecular formula is C13H22N2O. The molecule has 1 amide bonds.